The van der Waals surface area contributed by atoms with E-state index in [1.165, 1.54) is 22.4 Å². The van der Waals surface area contributed by atoms with E-state index in [2.05, 4.69) is 59.9 Å². The molecule has 0 aliphatic heterocycles. The van der Waals surface area contributed by atoms with Gasteiger partial charge in [0.05, 0.1) is 0 Å². The van der Waals surface area contributed by atoms with Gasteiger partial charge in [-0.15, -0.1) is 0 Å². The summed E-state index contributed by atoms with van der Waals surface area (Å²) >= 11 is 3.58. The average Bonchev–Trinajstić information content (AvgIpc) is 2.33. The third-order valence-corrected chi connectivity index (χ3v) is 4.01. The predicted molar refractivity (Wildman–Crippen MR) is 86.6 cm³/mol. The molecule has 2 rings (SSSR count). The Hall–Kier alpha value is -1.48. The van der Waals surface area contributed by atoms with E-state index in [9.17, 15) is 0 Å². The number of aryl methyl sites for hydroxylation is 2. The molecule has 2 aromatic carbocycles. The molecule has 0 amide bonds. The third-order valence-electron chi connectivity index (χ3n) is 3.24. The Bertz CT molecular complexity index is 593. The summed E-state index contributed by atoms with van der Waals surface area (Å²) in [6.45, 7) is 5.09. The average molecular weight is 319 g/mol. The number of nitrogens with two attached hydrogens (primary N) is 1. The highest BCUT2D eigenvalue weighted by atomic mass is 79.9. The molecule has 0 spiro atoms. The fourth-order valence-corrected chi connectivity index (χ4v) is 2.66. The molecule has 19 heavy (non-hydrogen) atoms. The SMILES string of the molecule is Cc1ccc(N(C)Cc2cc(N)ccc2Br)c(C)c1. The molecule has 0 unspecified atom stereocenters. The number of nitrogens with zero attached hydrogens (tertiary/aromatic N) is 1. The highest BCUT2D eigenvalue weighted by molar-refractivity contribution is 9.10. The van der Waals surface area contributed by atoms with Crippen molar-refractivity contribution < 1.29 is 0 Å². The van der Waals surface area contributed by atoms with Gasteiger partial charge in [0.15, 0.2) is 0 Å². The Balaban J connectivity index is 2.25. The number of hydrogen-bond acceptors (Lipinski definition) is 2. The van der Waals surface area contributed by atoms with Crippen LogP contribution in [0, 0.1) is 13.8 Å². The third kappa shape index (κ3) is 3.29. The lowest BCUT2D eigenvalue weighted by molar-refractivity contribution is 0.913. The minimum absolute atomic E-state index is 0.798. The Morgan fingerprint density at radius 2 is 1.84 bits per heavy atom. The van der Waals surface area contributed by atoms with Crippen LogP contribution in [-0.2, 0) is 6.54 Å². The monoisotopic (exact) mass is 318 g/mol. The lowest BCUT2D eigenvalue weighted by Gasteiger charge is -2.22. The molecule has 0 saturated carbocycles. The molecular formula is C16H19BrN2. The van der Waals surface area contributed by atoms with Gasteiger partial charge in [-0.1, -0.05) is 33.6 Å². The minimum Gasteiger partial charge on any atom is -0.399 e. The molecule has 2 nitrogen and oxygen atoms in total. The summed E-state index contributed by atoms with van der Waals surface area (Å²) in [6, 6.07) is 12.5. The molecule has 0 atom stereocenters. The van der Waals surface area contributed by atoms with Crippen molar-refractivity contribution in [1.82, 2.24) is 0 Å². The summed E-state index contributed by atoms with van der Waals surface area (Å²) in [7, 11) is 2.10. The van der Waals surface area contributed by atoms with Crippen LogP contribution in [0.4, 0.5) is 11.4 Å². The van der Waals surface area contributed by atoms with Gasteiger partial charge in [0.25, 0.3) is 0 Å². The first kappa shape index (κ1) is 13.9. The van der Waals surface area contributed by atoms with Crippen molar-refractivity contribution >= 4 is 27.3 Å². The molecule has 0 aromatic heterocycles. The molecule has 2 N–H and O–H groups in total. The van der Waals surface area contributed by atoms with Gasteiger partial charge < -0.3 is 10.6 Å². The van der Waals surface area contributed by atoms with Gasteiger partial charge in [-0.05, 0) is 49.2 Å². The normalized spacial score (nSPS) is 10.5. The zero-order valence-corrected chi connectivity index (χ0v) is 13.2. The van der Waals surface area contributed by atoms with Crippen molar-refractivity contribution in [3.63, 3.8) is 0 Å². The smallest absolute Gasteiger partial charge is 0.0438 e. The molecule has 0 radical (unpaired) electrons. The van der Waals surface area contributed by atoms with Gasteiger partial charge in [-0.25, -0.2) is 0 Å². The summed E-state index contributed by atoms with van der Waals surface area (Å²) in [5.74, 6) is 0. The van der Waals surface area contributed by atoms with Crippen molar-refractivity contribution in [2.45, 2.75) is 20.4 Å². The second-order valence-corrected chi connectivity index (χ2v) is 5.85. The zero-order chi connectivity index (χ0) is 14.0. The van der Waals surface area contributed by atoms with Crippen molar-refractivity contribution in [2.24, 2.45) is 0 Å². The zero-order valence-electron chi connectivity index (χ0n) is 11.6. The molecule has 0 bridgehead atoms. The van der Waals surface area contributed by atoms with E-state index in [-0.39, 0.29) is 0 Å². The van der Waals surface area contributed by atoms with Crippen molar-refractivity contribution in [1.29, 1.82) is 0 Å². The minimum atomic E-state index is 0.798. The van der Waals surface area contributed by atoms with E-state index in [4.69, 9.17) is 5.73 Å². The lowest BCUT2D eigenvalue weighted by atomic mass is 10.1. The van der Waals surface area contributed by atoms with E-state index in [0.717, 1.165) is 16.7 Å². The second-order valence-electron chi connectivity index (χ2n) is 5.00. The van der Waals surface area contributed by atoms with Crippen molar-refractivity contribution in [3.05, 3.63) is 57.6 Å². The van der Waals surface area contributed by atoms with Crippen LogP contribution in [0.25, 0.3) is 0 Å². The van der Waals surface area contributed by atoms with Crippen LogP contribution in [0.15, 0.2) is 40.9 Å². The van der Waals surface area contributed by atoms with Crippen molar-refractivity contribution in [3.8, 4) is 0 Å². The van der Waals surface area contributed by atoms with E-state index < -0.39 is 0 Å². The number of benzene rings is 2. The molecule has 3 heteroatoms. The van der Waals surface area contributed by atoms with Gasteiger partial charge >= 0.3 is 0 Å². The molecule has 0 fully saturated rings. The van der Waals surface area contributed by atoms with Gasteiger partial charge in [0, 0.05) is 29.4 Å². The summed E-state index contributed by atoms with van der Waals surface area (Å²) < 4.78 is 1.10. The summed E-state index contributed by atoms with van der Waals surface area (Å²) in [6.07, 6.45) is 0. The number of rotatable bonds is 3. The van der Waals surface area contributed by atoms with Crippen LogP contribution in [0.5, 0.6) is 0 Å². The summed E-state index contributed by atoms with van der Waals surface area (Å²) in [5.41, 5.74) is 11.7. The van der Waals surface area contributed by atoms with Gasteiger partial charge in [0.2, 0.25) is 0 Å². The Morgan fingerprint density at radius 3 is 2.53 bits per heavy atom. The summed E-state index contributed by atoms with van der Waals surface area (Å²) in [5, 5.41) is 0. The van der Waals surface area contributed by atoms with E-state index in [1.807, 2.05) is 18.2 Å². The topological polar surface area (TPSA) is 29.3 Å². The van der Waals surface area contributed by atoms with Crippen LogP contribution in [0.3, 0.4) is 0 Å². The highest BCUT2D eigenvalue weighted by Gasteiger charge is 2.08. The van der Waals surface area contributed by atoms with Crippen LogP contribution in [-0.4, -0.2) is 7.05 Å². The predicted octanol–water partition coefficient (Wildman–Crippen LogP) is 4.28. The molecule has 0 aliphatic carbocycles. The fourth-order valence-electron chi connectivity index (χ4n) is 2.29. The second kappa shape index (κ2) is 5.66. The Labute approximate surface area is 123 Å². The van der Waals surface area contributed by atoms with E-state index in [1.54, 1.807) is 0 Å². The van der Waals surface area contributed by atoms with Crippen LogP contribution >= 0.6 is 15.9 Å². The Kier molecular flexibility index (Phi) is 4.15. The largest absolute Gasteiger partial charge is 0.399 e. The quantitative estimate of drug-likeness (QED) is 0.856. The molecule has 0 heterocycles. The maximum absolute atomic E-state index is 5.85. The van der Waals surface area contributed by atoms with Crippen LogP contribution in [0.2, 0.25) is 0 Å². The first-order valence-electron chi connectivity index (χ1n) is 6.29. The van der Waals surface area contributed by atoms with E-state index >= 15 is 0 Å². The lowest BCUT2D eigenvalue weighted by Crippen LogP contribution is -2.17. The van der Waals surface area contributed by atoms with Gasteiger partial charge in [-0.2, -0.15) is 0 Å². The fraction of sp³-hybridized carbons (Fsp3) is 0.250. The first-order valence-corrected chi connectivity index (χ1v) is 7.09. The Morgan fingerprint density at radius 1 is 1.11 bits per heavy atom. The first-order chi connectivity index (χ1) is 8.97. The van der Waals surface area contributed by atoms with Gasteiger partial charge in [-0.3, -0.25) is 0 Å². The molecular weight excluding hydrogens is 300 g/mol. The number of halogens is 1. The van der Waals surface area contributed by atoms with Crippen LogP contribution < -0.4 is 10.6 Å². The van der Waals surface area contributed by atoms with Crippen LogP contribution in [0.1, 0.15) is 16.7 Å². The molecule has 0 saturated heterocycles. The maximum Gasteiger partial charge on any atom is 0.0438 e. The number of hydrogen-bond donors (Lipinski definition) is 1. The number of anilines is 2. The molecule has 0 aliphatic rings. The molecule has 2 aromatic rings. The standard InChI is InChI=1S/C16H19BrN2/c1-11-4-7-16(12(2)8-11)19(3)10-13-9-14(18)5-6-15(13)17/h4-9H,10,18H2,1-3H3. The molecule has 100 valence electrons. The number of nitrogen functional groups attached to an aromatic ring is 1. The van der Waals surface area contributed by atoms with Gasteiger partial charge in [0.1, 0.15) is 0 Å². The summed E-state index contributed by atoms with van der Waals surface area (Å²) in [4.78, 5) is 2.24. The maximum atomic E-state index is 5.85. The highest BCUT2D eigenvalue weighted by Crippen LogP contribution is 2.25. The van der Waals surface area contributed by atoms with E-state index in [0.29, 0.717) is 0 Å². The van der Waals surface area contributed by atoms with Crippen molar-refractivity contribution in [2.75, 3.05) is 17.7 Å².